The molecule has 0 aliphatic heterocycles. The van der Waals surface area contributed by atoms with Crippen molar-refractivity contribution in [1.29, 1.82) is 0 Å². The average Bonchev–Trinajstić information content (AvgIpc) is 3.66. The fourth-order valence-electron chi connectivity index (χ4n) is 4.47. The minimum Gasteiger partial charge on any atom is -0.399 e. The molecule has 67 heavy (non-hydrogen) atoms. The van der Waals surface area contributed by atoms with Crippen molar-refractivity contribution < 1.29 is 9.68 Å². The summed E-state index contributed by atoms with van der Waals surface area (Å²) in [6, 6.07) is 14.1. The Hall–Kier alpha value is -6.68. The number of aromatic nitrogens is 11. The Morgan fingerprint density at radius 1 is 0.657 bits per heavy atom. The van der Waals surface area contributed by atoms with Crippen LogP contribution < -0.4 is 0 Å². The van der Waals surface area contributed by atoms with Crippen LogP contribution in [0.4, 0.5) is 0 Å². The molecule has 0 N–H and O–H groups in total. The van der Waals surface area contributed by atoms with Crippen molar-refractivity contribution in [1.82, 2.24) is 54.6 Å². The van der Waals surface area contributed by atoms with E-state index >= 15 is 0 Å². The molecule has 0 unspecified atom stereocenters. The minimum absolute atomic E-state index is 0.432. The Morgan fingerprint density at radius 3 is 1.52 bits per heavy atom. The Morgan fingerprint density at radius 2 is 1.24 bits per heavy atom. The van der Waals surface area contributed by atoms with E-state index in [1.807, 2.05) is 127 Å². The molecule has 1 fully saturated rings. The number of aryl methyl sites for hydroxylation is 9. The number of oxime groups is 2. The summed E-state index contributed by atoms with van der Waals surface area (Å²) in [6.45, 7) is 24.4. The lowest BCUT2D eigenvalue weighted by molar-refractivity contribution is 0.160. The van der Waals surface area contributed by atoms with Gasteiger partial charge in [0.25, 0.3) is 0 Å². The van der Waals surface area contributed by atoms with Crippen LogP contribution in [0.25, 0.3) is 0 Å². The van der Waals surface area contributed by atoms with Crippen LogP contribution in [-0.2, 0) is 41.4 Å². The highest BCUT2D eigenvalue weighted by atomic mass is 32.1. The van der Waals surface area contributed by atoms with Crippen molar-refractivity contribution in [2.75, 3.05) is 13.7 Å². The van der Waals surface area contributed by atoms with Crippen molar-refractivity contribution in [3.05, 3.63) is 167 Å². The molecule has 1 saturated carbocycles. The number of pyridine rings is 2. The van der Waals surface area contributed by atoms with E-state index in [1.54, 1.807) is 55.5 Å². The zero-order valence-corrected chi connectivity index (χ0v) is 43.2. The third-order valence-corrected chi connectivity index (χ3v) is 9.17. The SMILES string of the molecule is CC1(c2ccccn2)CC1.CC=NOC.CC=NOCC.CCc1ccccn1.CCc1ccnn1C.CCc1cscn1.Cc1cnc(C)cn1.Cc1cnc(C)nc1.Cc1cncnc1. The molecule has 7 heterocycles. The molecule has 0 radical (unpaired) electrons. The van der Waals surface area contributed by atoms with Gasteiger partial charge in [0.05, 0.1) is 22.6 Å². The molecular formula is C51H75N13O2S. The van der Waals surface area contributed by atoms with Crippen LogP contribution in [0.15, 0.2) is 126 Å². The number of rotatable bonds is 7. The smallest absolute Gasteiger partial charge is 0.125 e. The topological polar surface area (TPSA) is 177 Å². The third-order valence-electron chi connectivity index (χ3n) is 8.53. The molecule has 8 rings (SSSR count). The molecule has 7 aromatic rings. The first-order valence-electron chi connectivity index (χ1n) is 22.3. The van der Waals surface area contributed by atoms with E-state index in [9.17, 15) is 0 Å². The van der Waals surface area contributed by atoms with Crippen molar-refractivity contribution in [2.24, 2.45) is 17.4 Å². The highest BCUT2D eigenvalue weighted by Gasteiger charge is 2.40. The molecule has 1 aliphatic carbocycles. The average molecular weight is 934 g/mol. The Bertz CT molecular complexity index is 2100. The van der Waals surface area contributed by atoms with Crippen LogP contribution in [0.2, 0.25) is 0 Å². The number of nitrogens with zero attached hydrogens (tertiary/aromatic N) is 13. The van der Waals surface area contributed by atoms with Gasteiger partial charge in [-0.2, -0.15) is 5.10 Å². The predicted molar refractivity (Wildman–Crippen MR) is 275 cm³/mol. The Balaban J connectivity index is 0.000000736. The summed E-state index contributed by atoms with van der Waals surface area (Å²) in [5, 5.41) is 12.9. The van der Waals surface area contributed by atoms with E-state index in [4.69, 9.17) is 0 Å². The normalized spacial score (nSPS) is 11.0. The molecule has 16 heteroatoms. The minimum atomic E-state index is 0.432. The van der Waals surface area contributed by atoms with Gasteiger partial charge in [0, 0.05) is 103 Å². The lowest BCUT2D eigenvalue weighted by atomic mass is 10.1. The van der Waals surface area contributed by atoms with Gasteiger partial charge in [-0.05, 0) is 129 Å². The maximum Gasteiger partial charge on any atom is 0.125 e. The molecule has 1 aliphatic rings. The fraction of sp³-hybridized carbons (Fsp3) is 0.412. The number of thiazole rings is 1. The van der Waals surface area contributed by atoms with Crippen molar-refractivity contribution >= 4 is 23.8 Å². The zero-order chi connectivity index (χ0) is 50.0. The first-order valence-corrected chi connectivity index (χ1v) is 23.2. The van der Waals surface area contributed by atoms with Crippen molar-refractivity contribution in [2.45, 2.75) is 121 Å². The number of hydrogen-bond donors (Lipinski definition) is 0. The Kier molecular flexibility index (Phi) is 35.7. The highest BCUT2D eigenvalue weighted by molar-refractivity contribution is 7.07. The molecule has 7 aromatic heterocycles. The van der Waals surface area contributed by atoms with Gasteiger partial charge in [0.2, 0.25) is 0 Å². The second-order valence-electron chi connectivity index (χ2n) is 14.4. The molecule has 0 amide bonds. The van der Waals surface area contributed by atoms with Crippen LogP contribution in [0, 0.1) is 34.6 Å². The predicted octanol–water partition coefficient (Wildman–Crippen LogP) is 11.1. The molecule has 0 bridgehead atoms. The van der Waals surface area contributed by atoms with E-state index < -0.39 is 0 Å². The van der Waals surface area contributed by atoms with Crippen molar-refractivity contribution in [3.8, 4) is 0 Å². The highest BCUT2D eigenvalue weighted by Crippen LogP contribution is 2.46. The van der Waals surface area contributed by atoms with Gasteiger partial charge in [-0.15, -0.1) is 16.5 Å². The van der Waals surface area contributed by atoms with Crippen LogP contribution in [0.1, 0.15) is 112 Å². The molecule has 0 aromatic carbocycles. The fourth-order valence-corrected chi connectivity index (χ4v) is 5.12. The van der Waals surface area contributed by atoms with E-state index in [0.29, 0.717) is 12.0 Å². The summed E-state index contributed by atoms with van der Waals surface area (Å²) in [7, 11) is 3.47. The van der Waals surface area contributed by atoms with Gasteiger partial charge in [-0.1, -0.05) is 45.0 Å². The monoisotopic (exact) mass is 934 g/mol. The van der Waals surface area contributed by atoms with Gasteiger partial charge < -0.3 is 9.68 Å². The Labute approximate surface area is 404 Å². The summed E-state index contributed by atoms with van der Waals surface area (Å²) in [5.74, 6) is 0.829. The van der Waals surface area contributed by atoms with Gasteiger partial charge in [0.15, 0.2) is 0 Å². The molecule has 362 valence electrons. The van der Waals surface area contributed by atoms with E-state index in [-0.39, 0.29) is 0 Å². The van der Waals surface area contributed by atoms with E-state index in [2.05, 4.69) is 115 Å². The summed E-state index contributed by atoms with van der Waals surface area (Å²) < 4.78 is 1.89. The summed E-state index contributed by atoms with van der Waals surface area (Å²) in [4.78, 5) is 44.8. The standard InChI is InChI=1S/C9H11N.C7H9N.2C6H8N2.C6H10N2.C5H6N2.C5H7NS.C4H9NO.C3H7NO/c1-9(5-6-9)8-4-2-3-7-10-8;1-2-7-5-3-4-6-8-7;1-5-3-8-6(2)4-7-5;1-5-3-7-6(2)8-4-5;1-3-6-4-5-7-8(6)2;1-5-2-6-4-7-3-5;1-2-5-3-7-4-6-5;1-3-5-6-4-2;1-3-4-5-2/h2-4,7H,5-6H2,1H3;3-6H,2H2,1H3;2*3-4H,1-2H3;4-5H,3H2,1-2H3;2-4H,1H3;3-4H,2H2,1H3;3H,4H2,1-2H3;3H,1-2H3. The van der Waals surface area contributed by atoms with Crippen LogP contribution in [0.3, 0.4) is 0 Å². The molecule has 0 saturated heterocycles. The quantitative estimate of drug-likeness (QED) is 0.109. The lowest BCUT2D eigenvalue weighted by Gasteiger charge is -2.04. The van der Waals surface area contributed by atoms with Gasteiger partial charge >= 0.3 is 0 Å². The first-order chi connectivity index (χ1) is 32.3. The second kappa shape index (κ2) is 39.7. The number of hydrogen-bond acceptors (Lipinski definition) is 15. The van der Waals surface area contributed by atoms with Gasteiger partial charge in [-0.25, -0.2) is 24.9 Å². The summed E-state index contributed by atoms with van der Waals surface area (Å²) in [6.07, 6.45) is 26.7. The molecule has 0 spiro atoms. The molecule has 15 nitrogen and oxygen atoms in total. The largest absolute Gasteiger partial charge is 0.399 e. The third kappa shape index (κ3) is 33.5. The first kappa shape index (κ1) is 60.3. The second-order valence-corrected chi connectivity index (χ2v) is 15.2. The zero-order valence-electron chi connectivity index (χ0n) is 42.4. The molecular weight excluding hydrogens is 859 g/mol. The lowest BCUT2D eigenvalue weighted by Crippen LogP contribution is -2.01. The maximum absolute atomic E-state index is 4.55. The van der Waals surface area contributed by atoms with E-state index in [0.717, 1.165) is 53.3 Å². The van der Waals surface area contributed by atoms with Crippen LogP contribution >= 0.6 is 11.3 Å². The summed E-state index contributed by atoms with van der Waals surface area (Å²) >= 11 is 1.65. The van der Waals surface area contributed by atoms with Crippen molar-refractivity contribution in [3.63, 3.8) is 0 Å². The van der Waals surface area contributed by atoms with E-state index in [1.165, 1.54) is 43.4 Å². The van der Waals surface area contributed by atoms with Gasteiger partial charge in [-0.3, -0.25) is 24.6 Å². The maximum atomic E-state index is 4.55. The molecule has 0 atom stereocenters. The van der Waals surface area contributed by atoms with Gasteiger partial charge in [0.1, 0.15) is 25.9 Å². The van der Waals surface area contributed by atoms with Crippen LogP contribution in [0.5, 0.6) is 0 Å². The van der Waals surface area contributed by atoms with Crippen LogP contribution in [-0.4, -0.2) is 80.8 Å². The summed E-state index contributed by atoms with van der Waals surface area (Å²) in [5.41, 5.74) is 11.3.